The van der Waals surface area contributed by atoms with Gasteiger partial charge >= 0.3 is 11.9 Å². The standard InChI is InChI=1S/C26H24O9/c27-14-20-21(28)22(29)23(30)24(33-20)17-11-12-18(34-25(31)15-7-3-1-4-8-15)19(13-17)35-26(32)16-9-5-2-6-10-16/h1-13,20-24,27-30H,14H2/t20-,21-,22+,23-,24+/m1/s1. The molecule has 0 amide bonds. The lowest BCUT2D eigenvalue weighted by atomic mass is 9.91. The van der Waals surface area contributed by atoms with Crippen molar-refractivity contribution in [1.82, 2.24) is 0 Å². The number of ether oxygens (including phenoxy) is 3. The van der Waals surface area contributed by atoms with Gasteiger partial charge in [0.05, 0.1) is 17.7 Å². The van der Waals surface area contributed by atoms with Gasteiger partial charge in [-0.25, -0.2) is 9.59 Å². The third-order valence-corrected chi connectivity index (χ3v) is 5.61. The number of aliphatic hydroxyl groups excluding tert-OH is 4. The van der Waals surface area contributed by atoms with Crippen LogP contribution in [0.2, 0.25) is 0 Å². The molecule has 4 N–H and O–H groups in total. The highest BCUT2D eigenvalue weighted by molar-refractivity contribution is 5.93. The van der Waals surface area contributed by atoms with Crippen LogP contribution in [0.5, 0.6) is 11.5 Å². The Labute approximate surface area is 200 Å². The maximum atomic E-state index is 12.7. The van der Waals surface area contributed by atoms with E-state index in [2.05, 4.69) is 0 Å². The molecule has 0 bridgehead atoms. The molecule has 0 saturated carbocycles. The number of rotatable bonds is 6. The molecule has 182 valence electrons. The van der Waals surface area contributed by atoms with Crippen molar-refractivity contribution in [2.24, 2.45) is 0 Å². The zero-order valence-electron chi connectivity index (χ0n) is 18.4. The summed E-state index contributed by atoms with van der Waals surface area (Å²) in [6.07, 6.45) is -6.93. The Morgan fingerprint density at radius 3 is 1.80 bits per heavy atom. The minimum absolute atomic E-state index is 0.0588. The normalized spacial score (nSPS) is 23.9. The van der Waals surface area contributed by atoms with Gasteiger partial charge in [-0.15, -0.1) is 0 Å². The third kappa shape index (κ3) is 5.40. The van der Waals surface area contributed by atoms with Crippen molar-refractivity contribution in [2.75, 3.05) is 6.61 Å². The fourth-order valence-electron chi connectivity index (χ4n) is 3.71. The van der Waals surface area contributed by atoms with Gasteiger partial charge in [-0.2, -0.15) is 0 Å². The minimum atomic E-state index is -1.59. The first-order valence-electron chi connectivity index (χ1n) is 10.9. The molecule has 9 nitrogen and oxygen atoms in total. The molecule has 1 saturated heterocycles. The highest BCUT2D eigenvalue weighted by Crippen LogP contribution is 2.37. The van der Waals surface area contributed by atoms with Crippen LogP contribution in [0.25, 0.3) is 0 Å². The average Bonchev–Trinajstić information content (AvgIpc) is 2.89. The topological polar surface area (TPSA) is 143 Å². The monoisotopic (exact) mass is 480 g/mol. The quantitative estimate of drug-likeness (QED) is 0.306. The number of esters is 2. The molecule has 1 aliphatic heterocycles. The van der Waals surface area contributed by atoms with E-state index in [0.29, 0.717) is 0 Å². The van der Waals surface area contributed by atoms with Crippen molar-refractivity contribution < 1.29 is 44.2 Å². The summed E-state index contributed by atoms with van der Waals surface area (Å²) in [6, 6.07) is 20.6. The number of aliphatic hydroxyl groups is 4. The molecule has 0 aliphatic carbocycles. The summed E-state index contributed by atoms with van der Waals surface area (Å²) < 4.78 is 16.6. The molecule has 0 spiro atoms. The molecule has 9 heteroatoms. The molecular formula is C26H24O9. The molecule has 5 atom stereocenters. The van der Waals surface area contributed by atoms with Gasteiger partial charge in [0.25, 0.3) is 0 Å². The van der Waals surface area contributed by atoms with Crippen LogP contribution in [0.15, 0.2) is 78.9 Å². The van der Waals surface area contributed by atoms with Crippen LogP contribution in [-0.2, 0) is 4.74 Å². The highest BCUT2D eigenvalue weighted by Gasteiger charge is 2.44. The van der Waals surface area contributed by atoms with E-state index >= 15 is 0 Å². The molecule has 0 aromatic heterocycles. The zero-order chi connectivity index (χ0) is 24.9. The molecule has 3 aromatic rings. The second-order valence-electron chi connectivity index (χ2n) is 7.97. The van der Waals surface area contributed by atoms with Crippen LogP contribution in [0, 0.1) is 0 Å². The predicted octanol–water partition coefficient (Wildman–Crippen LogP) is 1.64. The Morgan fingerprint density at radius 1 is 0.714 bits per heavy atom. The zero-order valence-corrected chi connectivity index (χ0v) is 18.4. The van der Waals surface area contributed by atoms with Crippen molar-refractivity contribution in [3.63, 3.8) is 0 Å². The fraction of sp³-hybridized carbons (Fsp3) is 0.231. The number of carbonyl (C=O) groups excluding carboxylic acids is 2. The molecule has 1 aliphatic rings. The fourth-order valence-corrected chi connectivity index (χ4v) is 3.71. The lowest BCUT2D eigenvalue weighted by molar-refractivity contribution is -0.231. The second kappa shape index (κ2) is 10.8. The molecule has 1 fully saturated rings. The van der Waals surface area contributed by atoms with Gasteiger partial charge in [-0.05, 0) is 42.0 Å². The summed E-state index contributed by atoms with van der Waals surface area (Å²) in [5, 5.41) is 40.2. The first kappa shape index (κ1) is 24.5. The van der Waals surface area contributed by atoms with Crippen LogP contribution in [0.1, 0.15) is 32.4 Å². The van der Waals surface area contributed by atoms with Gasteiger partial charge in [0.15, 0.2) is 11.5 Å². The summed E-state index contributed by atoms with van der Waals surface area (Å²) in [4.78, 5) is 25.3. The molecule has 1 heterocycles. The van der Waals surface area contributed by atoms with Gasteiger partial charge in [0.2, 0.25) is 0 Å². The van der Waals surface area contributed by atoms with Crippen LogP contribution < -0.4 is 9.47 Å². The number of benzene rings is 3. The largest absolute Gasteiger partial charge is 0.419 e. The van der Waals surface area contributed by atoms with Crippen molar-refractivity contribution in [2.45, 2.75) is 30.5 Å². The smallest absolute Gasteiger partial charge is 0.343 e. The van der Waals surface area contributed by atoms with E-state index in [-0.39, 0.29) is 28.2 Å². The predicted molar refractivity (Wildman–Crippen MR) is 122 cm³/mol. The molecule has 4 rings (SSSR count). The first-order valence-corrected chi connectivity index (χ1v) is 10.9. The van der Waals surface area contributed by atoms with E-state index in [1.165, 1.54) is 18.2 Å². The van der Waals surface area contributed by atoms with Crippen LogP contribution in [0.4, 0.5) is 0 Å². The average molecular weight is 480 g/mol. The van der Waals surface area contributed by atoms with Crippen LogP contribution in [0.3, 0.4) is 0 Å². The Bertz CT molecular complexity index is 1160. The maximum absolute atomic E-state index is 12.7. The molecule has 0 unspecified atom stereocenters. The van der Waals surface area contributed by atoms with E-state index in [1.54, 1.807) is 60.7 Å². The summed E-state index contributed by atoms with van der Waals surface area (Å²) in [6.45, 7) is -0.593. The van der Waals surface area contributed by atoms with Crippen molar-refractivity contribution in [3.05, 3.63) is 95.6 Å². The number of carbonyl (C=O) groups is 2. The van der Waals surface area contributed by atoms with Gasteiger partial charge in [0.1, 0.15) is 30.5 Å². The van der Waals surface area contributed by atoms with Gasteiger partial charge in [-0.1, -0.05) is 42.5 Å². The number of hydrogen-bond acceptors (Lipinski definition) is 9. The van der Waals surface area contributed by atoms with Crippen LogP contribution in [-0.4, -0.2) is 63.4 Å². The summed E-state index contributed by atoms with van der Waals surface area (Å²) in [5.74, 6) is -1.58. The van der Waals surface area contributed by atoms with Gasteiger partial charge in [-0.3, -0.25) is 0 Å². The van der Waals surface area contributed by atoms with Crippen molar-refractivity contribution in [3.8, 4) is 11.5 Å². The molecule has 3 aromatic carbocycles. The summed E-state index contributed by atoms with van der Waals surface area (Å²) in [7, 11) is 0. The second-order valence-corrected chi connectivity index (χ2v) is 7.97. The summed E-state index contributed by atoms with van der Waals surface area (Å²) in [5.41, 5.74) is 0.800. The Balaban J connectivity index is 1.67. The van der Waals surface area contributed by atoms with E-state index in [4.69, 9.17) is 14.2 Å². The molecule has 0 radical (unpaired) electrons. The van der Waals surface area contributed by atoms with Crippen LogP contribution >= 0.6 is 0 Å². The molecule has 35 heavy (non-hydrogen) atoms. The van der Waals surface area contributed by atoms with E-state index in [0.717, 1.165) is 0 Å². The maximum Gasteiger partial charge on any atom is 0.343 e. The molecular weight excluding hydrogens is 456 g/mol. The first-order chi connectivity index (χ1) is 16.9. The third-order valence-electron chi connectivity index (χ3n) is 5.61. The van der Waals surface area contributed by atoms with E-state index in [9.17, 15) is 30.0 Å². The van der Waals surface area contributed by atoms with Gasteiger partial charge < -0.3 is 34.6 Å². The SMILES string of the molecule is O=C(Oc1ccc([C@@H]2O[C@H](CO)[C@@H](O)[C@H](O)[C@H]2O)cc1OC(=O)c1ccccc1)c1ccccc1. The van der Waals surface area contributed by atoms with E-state index < -0.39 is 49.1 Å². The highest BCUT2D eigenvalue weighted by atomic mass is 16.6. The Morgan fingerprint density at radius 2 is 1.26 bits per heavy atom. The lowest BCUT2D eigenvalue weighted by Gasteiger charge is -2.40. The van der Waals surface area contributed by atoms with Gasteiger partial charge in [0, 0.05) is 0 Å². The summed E-state index contributed by atoms with van der Waals surface area (Å²) >= 11 is 0. The van der Waals surface area contributed by atoms with Crippen molar-refractivity contribution in [1.29, 1.82) is 0 Å². The Kier molecular flexibility index (Phi) is 7.54. The number of hydrogen-bond donors (Lipinski definition) is 4. The van der Waals surface area contributed by atoms with E-state index in [1.807, 2.05) is 0 Å². The minimum Gasteiger partial charge on any atom is -0.419 e. The lowest BCUT2D eigenvalue weighted by Crippen LogP contribution is -2.55. The Hall–Kier alpha value is -3.60. The van der Waals surface area contributed by atoms with Crippen molar-refractivity contribution >= 4 is 11.9 Å².